The molecule has 240 valence electrons. The number of aliphatic hydroxyl groups excluding tert-OH is 3. The molecule has 6 aliphatic rings. The third kappa shape index (κ3) is 2.47. The van der Waals surface area contributed by atoms with Crippen molar-refractivity contribution in [2.75, 3.05) is 13.2 Å². The molecule has 4 heterocycles. The van der Waals surface area contributed by atoms with Gasteiger partial charge in [0.15, 0.2) is 5.79 Å². The van der Waals surface area contributed by atoms with Crippen molar-refractivity contribution in [3.05, 3.63) is 69.8 Å². The van der Waals surface area contributed by atoms with Gasteiger partial charge in [-0.1, -0.05) is 36.4 Å². The molecule has 0 spiro atoms. The molecule has 15 rings (SSSR count). The second-order valence-corrected chi connectivity index (χ2v) is 16.0. The summed E-state index contributed by atoms with van der Waals surface area (Å²) in [6.07, 6.45) is 0.393. The molecular weight excluding hydrogens is 614 g/mol. The summed E-state index contributed by atoms with van der Waals surface area (Å²) in [4.78, 5) is 0. The van der Waals surface area contributed by atoms with Crippen LogP contribution in [-0.4, -0.2) is 67.9 Å². The standard InChI is InChI=1S/C42H31NO6/c44-15-24-41(47)5-6-42(49-24,40(46)39(41)45)48-8-7-43-37-18-3-4-19-12-23-14-21-10-17-2-1-16-9-20-13-22(11-18)29-27(20)31-25(16)26(17)32-28(21)30(23)36(38(19)43)34(33(31)32)35(29)37/h1-2,9-12,24,39-40,44-47H,3-8,13-15H2/t24-,39?,40-,41?,42?/m0/s1. The fourth-order valence-electron chi connectivity index (χ4n) is 12.2. The minimum Gasteiger partial charge on any atom is -0.394 e. The lowest BCUT2D eigenvalue weighted by Gasteiger charge is -2.58. The van der Waals surface area contributed by atoms with Crippen molar-refractivity contribution in [3.8, 4) is 0 Å². The lowest BCUT2D eigenvalue weighted by Crippen LogP contribution is -2.76. The van der Waals surface area contributed by atoms with Crippen LogP contribution in [0.4, 0.5) is 0 Å². The maximum Gasteiger partial charge on any atom is 0.197 e. The van der Waals surface area contributed by atoms with Gasteiger partial charge >= 0.3 is 0 Å². The largest absolute Gasteiger partial charge is 0.394 e. The van der Waals surface area contributed by atoms with Crippen LogP contribution in [0, 0.1) is 0 Å². The molecule has 1 saturated carbocycles. The van der Waals surface area contributed by atoms with Gasteiger partial charge in [0.1, 0.15) is 23.9 Å². The molecule has 9 aromatic rings. The van der Waals surface area contributed by atoms with E-state index in [1.54, 1.807) is 0 Å². The summed E-state index contributed by atoms with van der Waals surface area (Å²) in [7, 11) is 0. The van der Waals surface area contributed by atoms with Gasteiger partial charge in [-0.15, -0.1) is 0 Å². The molecule has 3 unspecified atom stereocenters. The molecule has 49 heavy (non-hydrogen) atoms. The number of nitrogens with zero attached hydrogens (tertiary/aromatic N) is 1. The van der Waals surface area contributed by atoms with Gasteiger partial charge in [-0.05, 0) is 119 Å². The van der Waals surface area contributed by atoms with Crippen molar-refractivity contribution in [3.63, 3.8) is 0 Å². The van der Waals surface area contributed by atoms with Crippen LogP contribution in [0.25, 0.3) is 86.4 Å². The number of fused-ring (bicyclic) bond motifs is 3. The lowest BCUT2D eigenvalue weighted by molar-refractivity contribution is -0.417. The van der Waals surface area contributed by atoms with Gasteiger partial charge in [-0.2, -0.15) is 0 Å². The minimum absolute atomic E-state index is 0.182. The van der Waals surface area contributed by atoms with Gasteiger partial charge in [0.2, 0.25) is 0 Å². The first kappa shape index (κ1) is 25.8. The molecule has 4 N–H and O–H groups in total. The Morgan fingerprint density at radius 3 is 1.78 bits per heavy atom. The monoisotopic (exact) mass is 645 g/mol. The molecule has 2 saturated heterocycles. The fraction of sp³-hybridized carbons (Fsp3) is 0.333. The average Bonchev–Trinajstić information content (AvgIpc) is 3.75. The molecule has 7 heteroatoms. The number of rotatable bonds is 5. The van der Waals surface area contributed by atoms with E-state index in [-0.39, 0.29) is 19.4 Å². The maximum absolute atomic E-state index is 11.2. The number of benzene rings is 7. The highest BCUT2D eigenvalue weighted by Gasteiger charge is 2.66. The molecule has 0 amide bonds. The van der Waals surface area contributed by atoms with E-state index >= 15 is 0 Å². The molecule has 0 radical (unpaired) electrons. The van der Waals surface area contributed by atoms with E-state index < -0.39 is 36.3 Å². The Bertz CT molecular complexity index is 2840. The predicted octanol–water partition coefficient (Wildman–Crippen LogP) is 5.72. The van der Waals surface area contributed by atoms with E-state index in [0.717, 1.165) is 25.7 Å². The number of pyridine rings is 1. The minimum atomic E-state index is -1.69. The third-order valence-electron chi connectivity index (χ3n) is 14.1. The zero-order chi connectivity index (χ0) is 32.0. The Morgan fingerprint density at radius 2 is 1.18 bits per heavy atom. The molecule has 5 atom stereocenters. The van der Waals surface area contributed by atoms with E-state index in [9.17, 15) is 20.4 Å². The van der Waals surface area contributed by atoms with Crippen LogP contribution in [0.2, 0.25) is 0 Å². The van der Waals surface area contributed by atoms with Crippen LogP contribution in [0.15, 0.2) is 36.4 Å². The molecule has 8 aromatic carbocycles. The number of hydrogen-bond acceptors (Lipinski definition) is 6. The highest BCUT2D eigenvalue weighted by Crippen LogP contribution is 2.61. The third-order valence-corrected chi connectivity index (χ3v) is 14.1. The zero-order valence-corrected chi connectivity index (χ0v) is 26.6. The average molecular weight is 646 g/mol. The van der Waals surface area contributed by atoms with Crippen molar-refractivity contribution in [1.82, 2.24) is 4.57 Å². The highest BCUT2D eigenvalue weighted by molar-refractivity contribution is 6.55. The molecule has 7 nitrogen and oxygen atoms in total. The maximum atomic E-state index is 11.2. The molecule has 3 aliphatic carbocycles. The quantitative estimate of drug-likeness (QED) is 0.141. The van der Waals surface area contributed by atoms with Crippen molar-refractivity contribution in [2.24, 2.45) is 0 Å². The first-order chi connectivity index (χ1) is 23.9. The Balaban J connectivity index is 1.10. The summed E-state index contributed by atoms with van der Waals surface area (Å²) in [5.74, 6) is -1.49. The summed E-state index contributed by atoms with van der Waals surface area (Å²) >= 11 is 0. The Labute approximate surface area is 278 Å². The van der Waals surface area contributed by atoms with Crippen molar-refractivity contribution in [2.45, 2.75) is 74.8 Å². The summed E-state index contributed by atoms with van der Waals surface area (Å²) in [5, 5.41) is 63.2. The number of aryl methyl sites for hydroxylation is 2. The lowest BCUT2D eigenvalue weighted by atomic mass is 9.70. The molecular formula is C42H31NO6. The number of ether oxygens (including phenoxy) is 2. The first-order valence-corrected chi connectivity index (χ1v) is 17.9. The second kappa shape index (κ2) is 7.64. The molecule has 1 aromatic heterocycles. The predicted molar refractivity (Wildman–Crippen MR) is 189 cm³/mol. The molecule has 4 bridgehead atoms. The summed E-state index contributed by atoms with van der Waals surface area (Å²) < 4.78 is 15.1. The van der Waals surface area contributed by atoms with Crippen LogP contribution in [-0.2, 0) is 41.7 Å². The van der Waals surface area contributed by atoms with Gasteiger partial charge in [0, 0.05) is 34.5 Å². The van der Waals surface area contributed by atoms with E-state index in [2.05, 4.69) is 41.0 Å². The van der Waals surface area contributed by atoms with Crippen LogP contribution in [0.5, 0.6) is 0 Å². The van der Waals surface area contributed by atoms with Gasteiger partial charge in [0.05, 0.1) is 24.2 Å². The van der Waals surface area contributed by atoms with Crippen LogP contribution >= 0.6 is 0 Å². The van der Waals surface area contributed by atoms with Crippen molar-refractivity contribution < 1.29 is 29.9 Å². The topological polar surface area (TPSA) is 104 Å². The van der Waals surface area contributed by atoms with Crippen LogP contribution in [0.3, 0.4) is 0 Å². The fourth-order valence-corrected chi connectivity index (χ4v) is 12.2. The van der Waals surface area contributed by atoms with Crippen molar-refractivity contribution >= 4 is 86.4 Å². The van der Waals surface area contributed by atoms with E-state index in [4.69, 9.17) is 9.47 Å². The smallest absolute Gasteiger partial charge is 0.197 e. The van der Waals surface area contributed by atoms with E-state index in [1.165, 1.54) is 120 Å². The first-order valence-electron chi connectivity index (χ1n) is 17.9. The summed E-state index contributed by atoms with van der Waals surface area (Å²) in [6.45, 7) is 0.322. The van der Waals surface area contributed by atoms with Gasteiger partial charge in [-0.3, -0.25) is 0 Å². The highest BCUT2D eigenvalue weighted by atomic mass is 16.7. The molecule has 3 aliphatic heterocycles. The van der Waals surface area contributed by atoms with Crippen LogP contribution in [0.1, 0.15) is 46.2 Å². The van der Waals surface area contributed by atoms with Crippen molar-refractivity contribution in [1.29, 1.82) is 0 Å². The SMILES string of the molecule is OC[C@@H]1OC2(OCCn3c4c5cc6c7c8c(cc9ccc%10cc%11c%12c%13c(cc(c3c%13c(c3c8c9c%10c%123)c74)CC5)C%11)C6)CCC1(O)C(O)[C@@H]2O. The summed E-state index contributed by atoms with van der Waals surface area (Å²) in [6, 6.07) is 14.6. The van der Waals surface area contributed by atoms with Gasteiger partial charge in [-0.25, -0.2) is 0 Å². The Kier molecular flexibility index (Phi) is 4.03. The zero-order valence-electron chi connectivity index (χ0n) is 26.6. The normalized spacial score (nSPS) is 28.5. The number of aromatic nitrogens is 1. The van der Waals surface area contributed by atoms with E-state index in [1.807, 2.05) is 0 Å². The molecule has 3 fully saturated rings. The Morgan fingerprint density at radius 1 is 0.653 bits per heavy atom. The van der Waals surface area contributed by atoms with Gasteiger partial charge < -0.3 is 34.5 Å². The number of hydrogen-bond donors (Lipinski definition) is 4. The van der Waals surface area contributed by atoms with Gasteiger partial charge in [0.25, 0.3) is 0 Å². The number of aliphatic hydroxyl groups is 4. The van der Waals surface area contributed by atoms with E-state index in [0.29, 0.717) is 6.54 Å². The second-order valence-electron chi connectivity index (χ2n) is 16.0. The summed E-state index contributed by atoms with van der Waals surface area (Å²) in [5.41, 5.74) is 9.46. The van der Waals surface area contributed by atoms with Crippen LogP contribution < -0.4 is 0 Å². The Hall–Kier alpha value is -4.08.